The summed E-state index contributed by atoms with van der Waals surface area (Å²) in [7, 11) is 0. The van der Waals surface area contributed by atoms with E-state index in [4.69, 9.17) is 9.40 Å². The van der Waals surface area contributed by atoms with Gasteiger partial charge in [-0.25, -0.2) is 18.7 Å². The quantitative estimate of drug-likeness (QED) is 0.415. The molecule has 7 heteroatoms. The molecule has 3 aliphatic carbocycles. The monoisotopic (exact) mass is 420 g/mol. The van der Waals surface area contributed by atoms with Crippen molar-refractivity contribution < 1.29 is 13.2 Å². The fourth-order valence-electron chi connectivity index (χ4n) is 5.28. The molecule has 0 saturated heterocycles. The first-order chi connectivity index (χ1) is 15.1. The van der Waals surface area contributed by atoms with Gasteiger partial charge in [0.2, 0.25) is 0 Å². The van der Waals surface area contributed by atoms with Gasteiger partial charge in [-0.2, -0.15) is 0 Å². The summed E-state index contributed by atoms with van der Waals surface area (Å²) in [6.45, 7) is 0. The van der Waals surface area contributed by atoms with Crippen molar-refractivity contribution in [2.24, 2.45) is 11.8 Å². The summed E-state index contributed by atoms with van der Waals surface area (Å²) in [4.78, 5) is 12.3. The van der Waals surface area contributed by atoms with E-state index in [1.165, 1.54) is 31.7 Å². The molecular formula is C24H22F2N4O. The molecule has 1 atom stereocenters. The lowest BCUT2D eigenvalue weighted by Crippen LogP contribution is -2.40. The zero-order valence-electron chi connectivity index (χ0n) is 16.9. The number of aromatic amines is 1. The molecule has 0 radical (unpaired) electrons. The number of anilines is 1. The maximum Gasteiger partial charge on any atom is 0.164 e. The number of aromatic nitrogens is 3. The van der Waals surface area contributed by atoms with E-state index in [9.17, 15) is 8.78 Å². The number of nitrogens with zero attached hydrogens (tertiary/aromatic N) is 2. The lowest BCUT2D eigenvalue weighted by molar-refractivity contribution is 0.157. The van der Waals surface area contributed by atoms with Crippen LogP contribution < -0.4 is 5.32 Å². The van der Waals surface area contributed by atoms with Gasteiger partial charge in [0, 0.05) is 35.3 Å². The van der Waals surface area contributed by atoms with Crippen LogP contribution in [-0.4, -0.2) is 21.0 Å². The molecule has 7 rings (SSSR count). The summed E-state index contributed by atoms with van der Waals surface area (Å²) in [5.74, 6) is 1.90. The minimum atomic E-state index is -0.639. The normalized spacial score (nSPS) is 22.8. The highest BCUT2D eigenvalue weighted by Crippen LogP contribution is 2.42. The average molecular weight is 420 g/mol. The van der Waals surface area contributed by atoms with E-state index >= 15 is 0 Å². The number of rotatable bonds is 4. The number of hydrogen-bond donors (Lipinski definition) is 2. The average Bonchev–Trinajstić information content (AvgIpc) is 3.45. The van der Waals surface area contributed by atoms with Crippen LogP contribution in [0.4, 0.5) is 14.6 Å². The van der Waals surface area contributed by atoms with Crippen LogP contribution in [0.1, 0.15) is 32.1 Å². The Hall–Kier alpha value is -3.22. The van der Waals surface area contributed by atoms with Crippen LogP contribution in [0.3, 0.4) is 0 Å². The predicted octanol–water partition coefficient (Wildman–Crippen LogP) is 6.15. The second-order valence-electron chi connectivity index (χ2n) is 8.72. The van der Waals surface area contributed by atoms with Gasteiger partial charge >= 0.3 is 0 Å². The van der Waals surface area contributed by atoms with Gasteiger partial charge in [-0.3, -0.25) is 0 Å². The van der Waals surface area contributed by atoms with Crippen LogP contribution in [-0.2, 0) is 0 Å². The molecule has 5 nitrogen and oxygen atoms in total. The highest BCUT2D eigenvalue weighted by atomic mass is 19.1. The van der Waals surface area contributed by atoms with Gasteiger partial charge in [-0.15, -0.1) is 0 Å². The standard InChI is InChI=1S/C24H22F2N4O/c25-15-9-16-17(12-27-23(16)18(26)10-15)24-29-20(21-2-1-7-31-21)11-22(30-24)28-19-8-13-3-5-14(19)6-4-13/h1-2,7,9-14,19,27H,3-6,8H2,(H,28,29,30). The Morgan fingerprint density at radius 3 is 2.68 bits per heavy atom. The molecule has 3 fully saturated rings. The minimum Gasteiger partial charge on any atom is -0.463 e. The van der Waals surface area contributed by atoms with Crippen molar-refractivity contribution in [3.63, 3.8) is 0 Å². The van der Waals surface area contributed by atoms with Gasteiger partial charge in [0.05, 0.1) is 11.8 Å². The number of nitrogens with one attached hydrogen (secondary N) is 2. The molecule has 1 unspecified atom stereocenters. The Kier molecular flexibility index (Phi) is 4.30. The van der Waals surface area contributed by atoms with Gasteiger partial charge < -0.3 is 14.7 Å². The van der Waals surface area contributed by atoms with Crippen molar-refractivity contribution in [2.75, 3.05) is 5.32 Å². The number of benzene rings is 1. The molecule has 0 aliphatic heterocycles. The fourth-order valence-corrected chi connectivity index (χ4v) is 5.28. The molecule has 2 N–H and O–H groups in total. The van der Waals surface area contributed by atoms with Crippen molar-refractivity contribution in [3.05, 3.63) is 54.4 Å². The van der Waals surface area contributed by atoms with Crippen molar-refractivity contribution in [3.8, 4) is 22.8 Å². The van der Waals surface area contributed by atoms with Crippen molar-refractivity contribution >= 4 is 16.7 Å². The lowest BCUT2D eigenvalue weighted by Gasteiger charge is -2.42. The van der Waals surface area contributed by atoms with E-state index in [2.05, 4.69) is 15.3 Å². The lowest BCUT2D eigenvalue weighted by atomic mass is 9.68. The van der Waals surface area contributed by atoms with Crippen LogP contribution in [0, 0.1) is 23.5 Å². The topological polar surface area (TPSA) is 66.7 Å². The summed E-state index contributed by atoms with van der Waals surface area (Å²) in [6.07, 6.45) is 9.54. The Labute approximate surface area is 177 Å². The number of furan rings is 1. The van der Waals surface area contributed by atoms with Crippen LogP contribution >= 0.6 is 0 Å². The van der Waals surface area contributed by atoms with Gasteiger partial charge in [0.1, 0.15) is 23.1 Å². The fraction of sp³-hybridized carbons (Fsp3) is 0.333. The van der Waals surface area contributed by atoms with Crippen LogP contribution in [0.15, 0.2) is 47.2 Å². The molecule has 4 aromatic rings. The molecule has 2 bridgehead atoms. The first kappa shape index (κ1) is 18.5. The van der Waals surface area contributed by atoms with E-state index in [1.807, 2.05) is 12.1 Å². The third-order valence-corrected chi connectivity index (χ3v) is 6.83. The van der Waals surface area contributed by atoms with Crippen molar-refractivity contribution in [1.29, 1.82) is 0 Å². The smallest absolute Gasteiger partial charge is 0.164 e. The Bertz CT molecular complexity index is 1240. The molecular weight excluding hydrogens is 398 g/mol. The molecule has 158 valence electrons. The van der Waals surface area contributed by atoms with Gasteiger partial charge in [-0.1, -0.05) is 12.8 Å². The second-order valence-corrected chi connectivity index (χ2v) is 8.72. The zero-order chi connectivity index (χ0) is 20.9. The first-order valence-corrected chi connectivity index (χ1v) is 10.8. The molecule has 1 aromatic carbocycles. The molecule has 3 heterocycles. The maximum atomic E-state index is 14.2. The largest absolute Gasteiger partial charge is 0.463 e. The molecule has 3 saturated carbocycles. The third-order valence-electron chi connectivity index (χ3n) is 6.83. The number of fused-ring (bicyclic) bond motifs is 4. The summed E-state index contributed by atoms with van der Waals surface area (Å²) in [5, 5.41) is 4.05. The highest BCUT2D eigenvalue weighted by Gasteiger charge is 2.35. The summed E-state index contributed by atoms with van der Waals surface area (Å²) in [6, 6.07) is 8.10. The van der Waals surface area contributed by atoms with Crippen molar-refractivity contribution in [1.82, 2.24) is 15.0 Å². The summed E-state index contributed by atoms with van der Waals surface area (Å²) in [5.41, 5.74) is 1.42. The first-order valence-electron chi connectivity index (χ1n) is 10.8. The zero-order valence-corrected chi connectivity index (χ0v) is 16.9. The van der Waals surface area contributed by atoms with Gasteiger partial charge in [0.15, 0.2) is 11.6 Å². The maximum absolute atomic E-state index is 14.2. The Balaban J connectivity index is 1.45. The van der Waals surface area contributed by atoms with Crippen LogP contribution in [0.5, 0.6) is 0 Å². The molecule has 31 heavy (non-hydrogen) atoms. The highest BCUT2D eigenvalue weighted by molar-refractivity contribution is 5.94. The molecule has 3 aromatic heterocycles. The van der Waals surface area contributed by atoms with Gasteiger partial charge in [0.25, 0.3) is 0 Å². The van der Waals surface area contributed by atoms with Crippen LogP contribution in [0.2, 0.25) is 0 Å². The number of hydrogen-bond acceptors (Lipinski definition) is 4. The van der Waals surface area contributed by atoms with Crippen molar-refractivity contribution in [2.45, 2.75) is 38.1 Å². The molecule has 0 amide bonds. The van der Waals surface area contributed by atoms with Gasteiger partial charge in [-0.05, 0) is 49.3 Å². The predicted molar refractivity (Wildman–Crippen MR) is 114 cm³/mol. The van der Waals surface area contributed by atoms with E-state index in [1.54, 1.807) is 18.5 Å². The molecule has 3 aliphatic rings. The summed E-state index contributed by atoms with van der Waals surface area (Å²) >= 11 is 0. The van der Waals surface area contributed by atoms with E-state index < -0.39 is 11.6 Å². The van der Waals surface area contributed by atoms with Crippen LogP contribution in [0.25, 0.3) is 33.7 Å². The molecule has 0 spiro atoms. The number of H-pyrrole nitrogens is 1. The third kappa shape index (κ3) is 3.28. The Morgan fingerprint density at radius 2 is 1.94 bits per heavy atom. The summed E-state index contributed by atoms with van der Waals surface area (Å²) < 4.78 is 33.7. The van der Waals surface area contributed by atoms with E-state index in [0.29, 0.717) is 46.0 Å². The minimum absolute atomic E-state index is 0.238. The second kappa shape index (κ2) is 7.18. The van der Waals surface area contributed by atoms with E-state index in [0.717, 1.165) is 18.4 Å². The Morgan fingerprint density at radius 1 is 1.06 bits per heavy atom. The van der Waals surface area contributed by atoms with E-state index in [-0.39, 0.29) is 5.52 Å². The number of halogens is 2. The SMILES string of the molecule is Fc1cc(F)c2[nH]cc(-c3nc(NC4CC5CCC4CC5)cc(-c4ccco4)n3)c2c1.